The van der Waals surface area contributed by atoms with E-state index in [-0.39, 0.29) is 25.0 Å². The summed E-state index contributed by atoms with van der Waals surface area (Å²) in [5, 5.41) is 7.48. The summed E-state index contributed by atoms with van der Waals surface area (Å²) in [6.07, 6.45) is 0. The molecule has 1 aromatic rings. The number of ether oxygens (including phenoxy) is 1. The molecule has 0 aliphatic heterocycles. The Labute approximate surface area is 141 Å². The lowest BCUT2D eigenvalue weighted by molar-refractivity contribution is -0.124. The van der Waals surface area contributed by atoms with Crippen molar-refractivity contribution in [1.82, 2.24) is 15.5 Å². The Kier molecular flexibility index (Phi) is 7.70. The van der Waals surface area contributed by atoms with Crippen molar-refractivity contribution >= 4 is 23.5 Å². The van der Waals surface area contributed by atoms with Crippen LogP contribution in [0.1, 0.15) is 13.8 Å². The molecule has 0 aliphatic rings. The minimum atomic E-state index is -0.634. The number of carbonyl (C=O) groups is 3. The van der Waals surface area contributed by atoms with Gasteiger partial charge in [-0.2, -0.15) is 0 Å². The Hall–Kier alpha value is -2.61. The number of likely N-dealkylation sites (N-methyl/N-ethyl adjacent to an activating group) is 1. The minimum absolute atomic E-state index is 0.0370. The maximum atomic E-state index is 11.8. The van der Waals surface area contributed by atoms with Crippen molar-refractivity contribution in [2.45, 2.75) is 19.9 Å². The highest BCUT2D eigenvalue weighted by molar-refractivity contribution is 6.01. The number of carbonyl (C=O) groups excluding carboxylic acids is 3. The zero-order chi connectivity index (χ0) is 18.1. The molecule has 1 rings (SSSR count). The largest absolute Gasteiger partial charge is 0.497 e. The SMILES string of the molecule is COc1ccc(NC(=O)NC(=O)CN(C)CC(=O)NC(C)C)cc1. The van der Waals surface area contributed by atoms with E-state index in [9.17, 15) is 14.4 Å². The first-order valence-corrected chi connectivity index (χ1v) is 7.53. The van der Waals surface area contributed by atoms with Gasteiger partial charge in [0, 0.05) is 11.7 Å². The second-order valence-corrected chi connectivity index (χ2v) is 5.63. The molecule has 24 heavy (non-hydrogen) atoms. The van der Waals surface area contributed by atoms with Gasteiger partial charge in [0.15, 0.2) is 0 Å². The summed E-state index contributed by atoms with van der Waals surface area (Å²) < 4.78 is 5.02. The average Bonchev–Trinajstić information content (AvgIpc) is 2.46. The number of rotatable bonds is 7. The molecule has 0 atom stereocenters. The molecule has 0 aromatic heterocycles. The van der Waals surface area contributed by atoms with Gasteiger partial charge in [-0.15, -0.1) is 0 Å². The number of methoxy groups -OCH3 is 1. The molecule has 8 nitrogen and oxygen atoms in total. The van der Waals surface area contributed by atoms with Crippen LogP contribution in [0.5, 0.6) is 5.75 Å². The molecule has 0 bridgehead atoms. The summed E-state index contributed by atoms with van der Waals surface area (Å²) in [6.45, 7) is 3.72. The van der Waals surface area contributed by atoms with Gasteiger partial charge in [0.25, 0.3) is 0 Å². The molecule has 0 radical (unpaired) electrons. The van der Waals surface area contributed by atoms with E-state index < -0.39 is 11.9 Å². The highest BCUT2D eigenvalue weighted by Gasteiger charge is 2.13. The van der Waals surface area contributed by atoms with Crippen LogP contribution in [0.25, 0.3) is 0 Å². The molecule has 0 aliphatic carbocycles. The first-order chi connectivity index (χ1) is 11.3. The molecule has 0 unspecified atom stereocenters. The van der Waals surface area contributed by atoms with E-state index in [1.807, 2.05) is 13.8 Å². The Morgan fingerprint density at radius 3 is 2.21 bits per heavy atom. The predicted molar refractivity (Wildman–Crippen MR) is 90.9 cm³/mol. The summed E-state index contributed by atoms with van der Waals surface area (Å²) >= 11 is 0. The third-order valence-electron chi connectivity index (χ3n) is 2.88. The summed E-state index contributed by atoms with van der Waals surface area (Å²) in [5.41, 5.74) is 0.533. The molecule has 0 fully saturated rings. The summed E-state index contributed by atoms with van der Waals surface area (Å²) in [5.74, 6) is -0.0119. The quantitative estimate of drug-likeness (QED) is 0.684. The normalized spacial score (nSPS) is 10.4. The van der Waals surface area contributed by atoms with Crippen LogP contribution in [-0.4, -0.2) is 56.0 Å². The third kappa shape index (κ3) is 7.59. The molecular weight excluding hydrogens is 312 g/mol. The molecule has 0 saturated heterocycles. The van der Waals surface area contributed by atoms with E-state index in [1.54, 1.807) is 38.4 Å². The van der Waals surface area contributed by atoms with Gasteiger partial charge in [0.2, 0.25) is 11.8 Å². The molecule has 4 amide bonds. The van der Waals surface area contributed by atoms with E-state index in [0.29, 0.717) is 11.4 Å². The van der Waals surface area contributed by atoms with E-state index in [0.717, 1.165) is 0 Å². The first kappa shape index (κ1) is 19.4. The monoisotopic (exact) mass is 336 g/mol. The van der Waals surface area contributed by atoms with Crippen molar-refractivity contribution in [3.63, 3.8) is 0 Å². The van der Waals surface area contributed by atoms with Crippen LogP contribution in [-0.2, 0) is 9.59 Å². The second-order valence-electron chi connectivity index (χ2n) is 5.63. The molecule has 1 aromatic carbocycles. The first-order valence-electron chi connectivity index (χ1n) is 7.53. The van der Waals surface area contributed by atoms with Crippen LogP contribution in [0.15, 0.2) is 24.3 Å². The fourth-order valence-corrected chi connectivity index (χ4v) is 1.92. The zero-order valence-electron chi connectivity index (χ0n) is 14.4. The van der Waals surface area contributed by atoms with Gasteiger partial charge in [-0.1, -0.05) is 0 Å². The summed E-state index contributed by atoms with van der Waals surface area (Å²) in [7, 11) is 3.17. The maximum absolute atomic E-state index is 11.8. The van der Waals surface area contributed by atoms with Crippen molar-refractivity contribution in [2.24, 2.45) is 0 Å². The zero-order valence-corrected chi connectivity index (χ0v) is 14.4. The second kappa shape index (κ2) is 9.51. The van der Waals surface area contributed by atoms with E-state index in [4.69, 9.17) is 4.74 Å². The Bertz CT molecular complexity index is 572. The summed E-state index contributed by atoms with van der Waals surface area (Å²) in [6, 6.07) is 6.10. The van der Waals surface area contributed by atoms with Gasteiger partial charge in [0.05, 0.1) is 20.2 Å². The highest BCUT2D eigenvalue weighted by atomic mass is 16.5. The molecular formula is C16H24N4O4. The number of nitrogens with one attached hydrogen (secondary N) is 3. The van der Waals surface area contributed by atoms with Crippen molar-refractivity contribution in [3.8, 4) is 5.75 Å². The molecule has 3 N–H and O–H groups in total. The van der Waals surface area contributed by atoms with Crippen LogP contribution >= 0.6 is 0 Å². The lowest BCUT2D eigenvalue weighted by Crippen LogP contribution is -2.44. The molecule has 0 spiro atoms. The van der Waals surface area contributed by atoms with Crippen molar-refractivity contribution in [1.29, 1.82) is 0 Å². The predicted octanol–water partition coefficient (Wildman–Crippen LogP) is 0.800. The Morgan fingerprint density at radius 1 is 1.08 bits per heavy atom. The number of urea groups is 1. The lowest BCUT2D eigenvalue weighted by Gasteiger charge is -2.17. The minimum Gasteiger partial charge on any atom is -0.497 e. The number of benzene rings is 1. The number of hydrogen-bond acceptors (Lipinski definition) is 5. The molecule has 0 saturated carbocycles. The number of nitrogens with zero attached hydrogens (tertiary/aromatic N) is 1. The maximum Gasteiger partial charge on any atom is 0.325 e. The molecule has 8 heteroatoms. The van der Waals surface area contributed by atoms with Crippen molar-refractivity contribution < 1.29 is 19.1 Å². The fourth-order valence-electron chi connectivity index (χ4n) is 1.92. The standard InChI is InChI=1S/C16H24N4O4/c1-11(2)17-14(21)9-20(3)10-15(22)19-16(23)18-12-5-7-13(24-4)8-6-12/h5-8,11H,9-10H2,1-4H3,(H,17,21)(H2,18,19,22,23). The van der Waals surface area contributed by atoms with Crippen LogP contribution < -0.4 is 20.7 Å². The number of amides is 4. The lowest BCUT2D eigenvalue weighted by atomic mass is 10.3. The van der Waals surface area contributed by atoms with Gasteiger partial charge in [-0.3, -0.25) is 19.8 Å². The third-order valence-corrected chi connectivity index (χ3v) is 2.88. The Morgan fingerprint density at radius 2 is 1.67 bits per heavy atom. The van der Waals surface area contributed by atoms with Crippen LogP contribution in [0.3, 0.4) is 0 Å². The molecule has 0 heterocycles. The number of anilines is 1. The van der Waals surface area contributed by atoms with Gasteiger partial charge in [0.1, 0.15) is 5.75 Å². The van der Waals surface area contributed by atoms with Crippen LogP contribution in [0.4, 0.5) is 10.5 Å². The number of imide groups is 1. The van der Waals surface area contributed by atoms with Gasteiger partial charge in [-0.25, -0.2) is 4.79 Å². The fraction of sp³-hybridized carbons (Fsp3) is 0.438. The van der Waals surface area contributed by atoms with E-state index in [2.05, 4.69) is 16.0 Å². The topological polar surface area (TPSA) is 99.8 Å². The average molecular weight is 336 g/mol. The van der Waals surface area contributed by atoms with Crippen molar-refractivity contribution in [3.05, 3.63) is 24.3 Å². The van der Waals surface area contributed by atoms with Gasteiger partial charge in [-0.05, 0) is 45.2 Å². The van der Waals surface area contributed by atoms with E-state index in [1.165, 1.54) is 4.90 Å². The molecule has 132 valence electrons. The highest BCUT2D eigenvalue weighted by Crippen LogP contribution is 2.14. The van der Waals surface area contributed by atoms with E-state index >= 15 is 0 Å². The smallest absolute Gasteiger partial charge is 0.325 e. The number of hydrogen-bond donors (Lipinski definition) is 3. The van der Waals surface area contributed by atoms with Crippen LogP contribution in [0, 0.1) is 0 Å². The van der Waals surface area contributed by atoms with Crippen LogP contribution in [0.2, 0.25) is 0 Å². The van der Waals surface area contributed by atoms with Crippen molar-refractivity contribution in [2.75, 3.05) is 32.6 Å². The summed E-state index contributed by atoms with van der Waals surface area (Å²) in [4.78, 5) is 36.7. The van der Waals surface area contributed by atoms with Gasteiger partial charge < -0.3 is 15.4 Å². The Balaban J connectivity index is 2.37. The van der Waals surface area contributed by atoms with Gasteiger partial charge >= 0.3 is 6.03 Å².